The van der Waals surface area contributed by atoms with Gasteiger partial charge in [-0.05, 0) is 62.7 Å². The van der Waals surface area contributed by atoms with Gasteiger partial charge in [0, 0.05) is 5.69 Å². The fourth-order valence-electron chi connectivity index (χ4n) is 2.19. The fourth-order valence-corrected chi connectivity index (χ4v) is 2.36. The van der Waals surface area contributed by atoms with Crippen molar-refractivity contribution in [1.82, 2.24) is 0 Å². The van der Waals surface area contributed by atoms with Crippen molar-refractivity contribution in [3.8, 4) is 11.5 Å². The van der Waals surface area contributed by atoms with Gasteiger partial charge in [0.25, 0.3) is 5.91 Å². The number of amides is 1. The van der Waals surface area contributed by atoms with Gasteiger partial charge in [-0.3, -0.25) is 4.79 Å². The molecule has 1 amide bonds. The molecule has 0 aliphatic carbocycles. The Morgan fingerprint density at radius 3 is 2.48 bits per heavy atom. The van der Waals surface area contributed by atoms with E-state index in [0.29, 0.717) is 28.8 Å². The number of aryl methyl sites for hydroxylation is 1. The molecule has 27 heavy (non-hydrogen) atoms. The molecule has 0 aliphatic rings. The molecule has 0 aliphatic heterocycles. The average molecular weight is 392 g/mol. The van der Waals surface area contributed by atoms with E-state index in [1.54, 1.807) is 36.4 Å². The molecule has 0 radical (unpaired) electrons. The summed E-state index contributed by atoms with van der Waals surface area (Å²) in [4.78, 5) is 24.1. The van der Waals surface area contributed by atoms with E-state index in [-0.39, 0.29) is 6.61 Å². The van der Waals surface area contributed by atoms with Gasteiger partial charge in [-0.15, -0.1) is 0 Å². The Bertz CT molecular complexity index is 791. The first-order valence-corrected chi connectivity index (χ1v) is 8.89. The molecule has 0 aromatic heterocycles. The van der Waals surface area contributed by atoms with E-state index in [1.165, 1.54) is 6.92 Å². The lowest BCUT2D eigenvalue weighted by Gasteiger charge is -2.14. The summed E-state index contributed by atoms with van der Waals surface area (Å²) in [7, 11) is 0. The molecular weight excluding hydrogens is 370 g/mol. The normalized spacial score (nSPS) is 11.4. The summed E-state index contributed by atoms with van der Waals surface area (Å²) in [5.41, 5.74) is 1.53. The number of esters is 1. The number of hydrogen-bond acceptors (Lipinski definition) is 5. The molecule has 0 saturated heterocycles. The second-order valence-corrected chi connectivity index (χ2v) is 6.21. The summed E-state index contributed by atoms with van der Waals surface area (Å²) >= 11 is 6.01. The Labute approximate surface area is 163 Å². The Morgan fingerprint density at radius 1 is 1.11 bits per heavy atom. The van der Waals surface area contributed by atoms with Crippen molar-refractivity contribution in [1.29, 1.82) is 0 Å². The van der Waals surface area contributed by atoms with Crippen molar-refractivity contribution >= 4 is 29.2 Å². The zero-order valence-electron chi connectivity index (χ0n) is 15.5. The maximum atomic E-state index is 12.2. The summed E-state index contributed by atoms with van der Waals surface area (Å²) in [5.74, 6) is -0.00921. The summed E-state index contributed by atoms with van der Waals surface area (Å²) in [6.45, 7) is 5.48. The molecule has 144 valence electrons. The Morgan fingerprint density at radius 2 is 1.81 bits per heavy atom. The highest BCUT2D eigenvalue weighted by atomic mass is 35.5. The molecule has 1 atom stereocenters. The van der Waals surface area contributed by atoms with Crippen LogP contribution in [0.15, 0.2) is 42.5 Å². The highest BCUT2D eigenvalue weighted by Crippen LogP contribution is 2.25. The van der Waals surface area contributed by atoms with Crippen LogP contribution in [0.3, 0.4) is 0 Å². The molecule has 2 rings (SSSR count). The van der Waals surface area contributed by atoms with Gasteiger partial charge in [0.2, 0.25) is 0 Å². The monoisotopic (exact) mass is 391 g/mol. The summed E-state index contributed by atoms with van der Waals surface area (Å²) in [6, 6.07) is 12.1. The predicted molar refractivity (Wildman–Crippen MR) is 103 cm³/mol. The van der Waals surface area contributed by atoms with Gasteiger partial charge in [0.15, 0.2) is 12.7 Å². The molecule has 0 spiro atoms. The molecule has 7 heteroatoms. The third-order valence-electron chi connectivity index (χ3n) is 3.54. The summed E-state index contributed by atoms with van der Waals surface area (Å²) in [5, 5.41) is 3.07. The van der Waals surface area contributed by atoms with Crippen molar-refractivity contribution in [2.24, 2.45) is 0 Å². The van der Waals surface area contributed by atoms with Gasteiger partial charge in [-0.2, -0.15) is 0 Å². The number of anilines is 1. The highest BCUT2D eigenvalue weighted by Gasteiger charge is 2.18. The topological polar surface area (TPSA) is 73.9 Å². The molecule has 2 aromatic rings. The van der Waals surface area contributed by atoms with E-state index in [4.69, 9.17) is 25.8 Å². The number of benzene rings is 2. The number of ether oxygens (including phenoxy) is 3. The lowest BCUT2D eigenvalue weighted by molar-refractivity contribution is -0.155. The highest BCUT2D eigenvalue weighted by molar-refractivity contribution is 6.32. The van der Waals surface area contributed by atoms with Crippen molar-refractivity contribution in [2.45, 2.75) is 26.9 Å². The number of rotatable bonds is 8. The minimum absolute atomic E-state index is 0.343. The van der Waals surface area contributed by atoms with Crippen LogP contribution in [0.2, 0.25) is 5.02 Å². The Balaban J connectivity index is 1.82. The zero-order valence-corrected chi connectivity index (χ0v) is 16.2. The quantitative estimate of drug-likeness (QED) is 0.688. The second kappa shape index (κ2) is 9.83. The van der Waals surface area contributed by atoms with Crippen LogP contribution in [0.25, 0.3) is 0 Å². The molecule has 0 heterocycles. The van der Waals surface area contributed by atoms with E-state index in [2.05, 4.69) is 5.32 Å². The minimum atomic E-state index is -0.972. The predicted octanol–water partition coefficient (Wildman–Crippen LogP) is 4.00. The van der Waals surface area contributed by atoms with Crippen LogP contribution >= 0.6 is 11.6 Å². The second-order valence-electron chi connectivity index (χ2n) is 5.80. The summed E-state index contributed by atoms with van der Waals surface area (Å²) < 4.78 is 15.8. The van der Waals surface area contributed by atoms with Gasteiger partial charge >= 0.3 is 5.97 Å². The van der Waals surface area contributed by atoms with Crippen LogP contribution in [0.1, 0.15) is 19.4 Å². The number of halogens is 1. The molecule has 0 bridgehead atoms. The van der Waals surface area contributed by atoms with Crippen LogP contribution in [0.4, 0.5) is 5.69 Å². The molecular formula is C20H22ClNO5. The average Bonchev–Trinajstić information content (AvgIpc) is 2.64. The molecule has 2 aromatic carbocycles. The smallest absolute Gasteiger partial charge is 0.344 e. The van der Waals surface area contributed by atoms with Crippen molar-refractivity contribution in [3.63, 3.8) is 0 Å². The maximum Gasteiger partial charge on any atom is 0.344 e. The third kappa shape index (κ3) is 6.49. The van der Waals surface area contributed by atoms with Crippen molar-refractivity contribution < 1.29 is 23.8 Å². The largest absolute Gasteiger partial charge is 0.494 e. The van der Waals surface area contributed by atoms with Crippen molar-refractivity contribution in [3.05, 3.63) is 53.1 Å². The van der Waals surface area contributed by atoms with Crippen LogP contribution in [-0.4, -0.2) is 31.2 Å². The number of carbonyl (C=O) groups excluding carboxylic acids is 2. The number of carbonyl (C=O) groups is 2. The molecule has 6 nitrogen and oxygen atoms in total. The summed E-state index contributed by atoms with van der Waals surface area (Å²) in [6.07, 6.45) is -0.972. The standard InChI is InChI=1S/C20H22ClNO5/c1-4-25-16-8-6-15(7-9-16)22-20(24)14(3)27-19(23)12-26-18-11-13(2)5-10-17(18)21/h5-11,14H,4,12H2,1-3H3,(H,22,24)/t14-/m1/s1. The first kappa shape index (κ1) is 20.6. The molecule has 0 unspecified atom stereocenters. The van der Waals surface area contributed by atoms with Gasteiger partial charge in [0.05, 0.1) is 11.6 Å². The maximum absolute atomic E-state index is 12.2. The number of nitrogens with one attached hydrogen (secondary N) is 1. The first-order valence-electron chi connectivity index (χ1n) is 8.51. The number of hydrogen-bond donors (Lipinski definition) is 1. The van der Waals surface area contributed by atoms with E-state index < -0.39 is 18.0 Å². The van der Waals surface area contributed by atoms with Gasteiger partial charge in [0.1, 0.15) is 11.5 Å². The van der Waals surface area contributed by atoms with Crippen LogP contribution in [-0.2, 0) is 14.3 Å². The minimum Gasteiger partial charge on any atom is -0.494 e. The fraction of sp³-hybridized carbons (Fsp3) is 0.300. The molecule has 0 saturated carbocycles. The third-order valence-corrected chi connectivity index (χ3v) is 3.85. The Kier molecular flexibility index (Phi) is 7.49. The van der Waals surface area contributed by atoms with Crippen LogP contribution in [0.5, 0.6) is 11.5 Å². The Hall–Kier alpha value is -2.73. The van der Waals surface area contributed by atoms with Gasteiger partial charge in [-0.25, -0.2) is 4.79 Å². The lowest BCUT2D eigenvalue weighted by Crippen LogP contribution is -2.31. The van der Waals surface area contributed by atoms with E-state index in [0.717, 1.165) is 5.56 Å². The van der Waals surface area contributed by atoms with Gasteiger partial charge in [-0.1, -0.05) is 17.7 Å². The first-order chi connectivity index (χ1) is 12.9. The van der Waals surface area contributed by atoms with Crippen LogP contribution < -0.4 is 14.8 Å². The van der Waals surface area contributed by atoms with Crippen molar-refractivity contribution in [2.75, 3.05) is 18.5 Å². The van der Waals surface area contributed by atoms with E-state index >= 15 is 0 Å². The lowest BCUT2D eigenvalue weighted by atomic mass is 10.2. The van der Waals surface area contributed by atoms with Crippen LogP contribution in [0, 0.1) is 6.92 Å². The molecule has 1 N–H and O–H groups in total. The SMILES string of the molecule is CCOc1ccc(NC(=O)[C@@H](C)OC(=O)COc2cc(C)ccc2Cl)cc1. The van der Waals surface area contributed by atoms with E-state index in [9.17, 15) is 9.59 Å². The zero-order chi connectivity index (χ0) is 19.8. The molecule has 0 fully saturated rings. The van der Waals surface area contributed by atoms with Gasteiger partial charge < -0.3 is 19.5 Å². The van der Waals surface area contributed by atoms with E-state index in [1.807, 2.05) is 19.9 Å².